The van der Waals surface area contributed by atoms with Crippen molar-refractivity contribution in [1.29, 1.82) is 0 Å². The van der Waals surface area contributed by atoms with E-state index < -0.39 is 11.9 Å². The molecule has 0 radical (unpaired) electrons. The van der Waals surface area contributed by atoms with Gasteiger partial charge in [-0.25, -0.2) is 9.37 Å². The SMILES string of the molecule is O=C(O)[C@@H]1CCCC[C@H]1c1oc(-c2ccc(F)cc2)nc1-c1ccc(Br)cc1. The van der Waals surface area contributed by atoms with E-state index in [4.69, 9.17) is 4.42 Å². The first kappa shape index (κ1) is 18.9. The number of oxazole rings is 1. The van der Waals surface area contributed by atoms with Crippen molar-refractivity contribution < 1.29 is 18.7 Å². The Hall–Kier alpha value is -2.47. The van der Waals surface area contributed by atoms with Crippen LogP contribution in [0.15, 0.2) is 57.4 Å². The fourth-order valence-electron chi connectivity index (χ4n) is 3.85. The number of carboxylic acid groups (broad SMARTS) is 1. The highest BCUT2D eigenvalue weighted by molar-refractivity contribution is 9.10. The molecule has 3 aromatic rings. The summed E-state index contributed by atoms with van der Waals surface area (Å²) < 4.78 is 20.4. The lowest BCUT2D eigenvalue weighted by Crippen LogP contribution is -2.25. The maximum Gasteiger partial charge on any atom is 0.307 e. The summed E-state index contributed by atoms with van der Waals surface area (Å²) in [5.74, 6) is -0.868. The van der Waals surface area contributed by atoms with Crippen molar-refractivity contribution in [2.24, 2.45) is 5.92 Å². The lowest BCUT2D eigenvalue weighted by molar-refractivity contribution is -0.143. The van der Waals surface area contributed by atoms with Gasteiger partial charge in [0.2, 0.25) is 5.89 Å². The zero-order chi connectivity index (χ0) is 19.7. The average Bonchev–Trinajstić information content (AvgIpc) is 3.14. The molecule has 0 saturated heterocycles. The summed E-state index contributed by atoms with van der Waals surface area (Å²) in [6, 6.07) is 13.6. The van der Waals surface area contributed by atoms with Crippen LogP contribution >= 0.6 is 15.9 Å². The van der Waals surface area contributed by atoms with Crippen LogP contribution in [0.3, 0.4) is 0 Å². The van der Waals surface area contributed by atoms with Gasteiger partial charge in [-0.3, -0.25) is 4.79 Å². The average molecular weight is 444 g/mol. The van der Waals surface area contributed by atoms with Crippen molar-refractivity contribution in [2.75, 3.05) is 0 Å². The molecule has 28 heavy (non-hydrogen) atoms. The first-order valence-electron chi connectivity index (χ1n) is 9.28. The minimum Gasteiger partial charge on any atom is -0.481 e. The van der Waals surface area contributed by atoms with Crippen LogP contribution in [-0.4, -0.2) is 16.1 Å². The molecule has 0 spiro atoms. The van der Waals surface area contributed by atoms with Gasteiger partial charge in [0.25, 0.3) is 0 Å². The largest absolute Gasteiger partial charge is 0.481 e. The minimum absolute atomic E-state index is 0.230. The van der Waals surface area contributed by atoms with Gasteiger partial charge in [-0.1, -0.05) is 40.9 Å². The van der Waals surface area contributed by atoms with E-state index in [9.17, 15) is 14.3 Å². The summed E-state index contributed by atoms with van der Waals surface area (Å²) in [4.78, 5) is 16.5. The third-order valence-corrected chi connectivity index (χ3v) is 5.81. The van der Waals surface area contributed by atoms with Crippen LogP contribution in [0.2, 0.25) is 0 Å². The van der Waals surface area contributed by atoms with E-state index in [1.807, 2.05) is 24.3 Å². The molecule has 1 aliphatic carbocycles. The molecule has 0 bridgehead atoms. The van der Waals surface area contributed by atoms with Crippen molar-refractivity contribution in [1.82, 2.24) is 4.98 Å². The predicted octanol–water partition coefficient (Wildman–Crippen LogP) is 6.27. The second kappa shape index (κ2) is 7.87. The van der Waals surface area contributed by atoms with Gasteiger partial charge >= 0.3 is 5.97 Å². The zero-order valence-electron chi connectivity index (χ0n) is 15.1. The highest BCUT2D eigenvalue weighted by Gasteiger charge is 2.36. The normalized spacial score (nSPS) is 19.5. The molecule has 4 rings (SSSR count). The first-order chi connectivity index (χ1) is 13.5. The van der Waals surface area contributed by atoms with Crippen LogP contribution in [0, 0.1) is 11.7 Å². The monoisotopic (exact) mass is 443 g/mol. The highest BCUT2D eigenvalue weighted by atomic mass is 79.9. The maximum absolute atomic E-state index is 13.3. The Balaban J connectivity index is 1.83. The molecule has 2 atom stereocenters. The maximum atomic E-state index is 13.3. The van der Waals surface area contributed by atoms with E-state index >= 15 is 0 Å². The fourth-order valence-corrected chi connectivity index (χ4v) is 4.12. The van der Waals surface area contributed by atoms with E-state index in [0.717, 1.165) is 29.3 Å². The van der Waals surface area contributed by atoms with Crippen LogP contribution in [-0.2, 0) is 4.79 Å². The third kappa shape index (κ3) is 3.74. The Morgan fingerprint density at radius 3 is 2.36 bits per heavy atom. The van der Waals surface area contributed by atoms with E-state index in [2.05, 4.69) is 20.9 Å². The Bertz CT molecular complexity index is 982. The van der Waals surface area contributed by atoms with Gasteiger partial charge in [-0.2, -0.15) is 0 Å². The topological polar surface area (TPSA) is 63.3 Å². The van der Waals surface area contributed by atoms with Crippen molar-refractivity contribution in [3.8, 4) is 22.7 Å². The zero-order valence-corrected chi connectivity index (χ0v) is 16.7. The molecule has 1 aromatic heterocycles. The van der Waals surface area contributed by atoms with E-state index in [-0.39, 0.29) is 11.7 Å². The molecule has 1 heterocycles. The molecule has 1 saturated carbocycles. The highest BCUT2D eigenvalue weighted by Crippen LogP contribution is 2.43. The van der Waals surface area contributed by atoms with Gasteiger partial charge in [0, 0.05) is 21.5 Å². The summed E-state index contributed by atoms with van der Waals surface area (Å²) in [7, 11) is 0. The Morgan fingerprint density at radius 1 is 1.04 bits per heavy atom. The minimum atomic E-state index is -0.800. The van der Waals surface area contributed by atoms with Crippen LogP contribution in [0.5, 0.6) is 0 Å². The van der Waals surface area contributed by atoms with E-state index in [0.29, 0.717) is 29.3 Å². The molecule has 0 aliphatic heterocycles. The fraction of sp³-hybridized carbons (Fsp3) is 0.273. The molecular formula is C22H19BrFNO3. The standard InChI is InChI=1S/C22H19BrFNO3/c23-15-9-5-13(6-10-15)19-20(17-3-1-2-4-18(17)22(26)27)28-21(25-19)14-7-11-16(24)12-8-14/h5-12,17-18H,1-4H2,(H,26,27)/t17-,18-/m1/s1. The first-order valence-corrected chi connectivity index (χ1v) is 10.1. The van der Waals surface area contributed by atoms with Gasteiger partial charge in [-0.15, -0.1) is 0 Å². The van der Waals surface area contributed by atoms with Gasteiger partial charge in [-0.05, 0) is 49.2 Å². The number of rotatable bonds is 4. The number of aliphatic carboxylic acids is 1. The summed E-state index contributed by atoms with van der Waals surface area (Å²) in [6.45, 7) is 0. The van der Waals surface area contributed by atoms with Crippen LogP contribution in [0.1, 0.15) is 37.4 Å². The summed E-state index contributed by atoms with van der Waals surface area (Å²) in [5.41, 5.74) is 2.18. The second-order valence-corrected chi connectivity index (χ2v) is 8.00. The predicted molar refractivity (Wildman–Crippen MR) is 107 cm³/mol. The quantitative estimate of drug-likeness (QED) is 0.515. The molecule has 144 valence electrons. The number of benzene rings is 2. The summed E-state index contributed by atoms with van der Waals surface area (Å²) in [6.07, 6.45) is 3.24. The van der Waals surface area contributed by atoms with Crippen molar-refractivity contribution in [3.63, 3.8) is 0 Å². The number of carboxylic acids is 1. The molecular weight excluding hydrogens is 425 g/mol. The van der Waals surface area contributed by atoms with E-state index in [1.54, 1.807) is 12.1 Å². The third-order valence-electron chi connectivity index (χ3n) is 5.28. The van der Waals surface area contributed by atoms with Crippen molar-refractivity contribution in [2.45, 2.75) is 31.6 Å². The molecule has 6 heteroatoms. The molecule has 1 N–H and O–H groups in total. The number of aromatic nitrogens is 1. The number of carbonyl (C=O) groups is 1. The molecule has 1 fully saturated rings. The van der Waals surface area contributed by atoms with Gasteiger partial charge in [0.15, 0.2) is 0 Å². The van der Waals surface area contributed by atoms with Crippen molar-refractivity contribution >= 4 is 21.9 Å². The number of hydrogen-bond acceptors (Lipinski definition) is 3. The number of halogens is 2. The van der Waals surface area contributed by atoms with Gasteiger partial charge in [0.1, 0.15) is 17.3 Å². The number of hydrogen-bond donors (Lipinski definition) is 1. The van der Waals surface area contributed by atoms with Crippen LogP contribution in [0.4, 0.5) is 4.39 Å². The Labute approximate surface area is 170 Å². The lowest BCUT2D eigenvalue weighted by atomic mass is 9.77. The summed E-state index contributed by atoms with van der Waals surface area (Å²) in [5, 5.41) is 9.71. The molecule has 2 aromatic carbocycles. The smallest absolute Gasteiger partial charge is 0.307 e. The van der Waals surface area contributed by atoms with Gasteiger partial charge in [0.05, 0.1) is 5.92 Å². The van der Waals surface area contributed by atoms with E-state index in [1.165, 1.54) is 12.1 Å². The summed E-state index contributed by atoms with van der Waals surface area (Å²) >= 11 is 3.43. The Kier molecular flexibility index (Phi) is 5.31. The van der Waals surface area contributed by atoms with Crippen molar-refractivity contribution in [3.05, 3.63) is 64.6 Å². The molecule has 0 amide bonds. The lowest BCUT2D eigenvalue weighted by Gasteiger charge is -2.27. The molecule has 4 nitrogen and oxygen atoms in total. The molecule has 0 unspecified atom stereocenters. The molecule has 1 aliphatic rings. The number of nitrogens with zero attached hydrogens (tertiary/aromatic N) is 1. The second-order valence-electron chi connectivity index (χ2n) is 7.08. The van der Waals surface area contributed by atoms with Crippen LogP contribution in [0.25, 0.3) is 22.7 Å². The Morgan fingerprint density at radius 2 is 1.68 bits per heavy atom. The van der Waals surface area contributed by atoms with Gasteiger partial charge < -0.3 is 9.52 Å². The van der Waals surface area contributed by atoms with Crippen LogP contribution < -0.4 is 0 Å².